The predicted molar refractivity (Wildman–Crippen MR) is 51.9 cm³/mol. The van der Waals surface area contributed by atoms with Crippen molar-refractivity contribution in [2.24, 2.45) is 11.3 Å². The van der Waals surface area contributed by atoms with Gasteiger partial charge in [0.25, 0.3) is 0 Å². The van der Waals surface area contributed by atoms with Gasteiger partial charge in [-0.2, -0.15) is 0 Å². The van der Waals surface area contributed by atoms with Crippen molar-refractivity contribution < 1.29 is 4.79 Å². The van der Waals surface area contributed by atoms with Crippen molar-refractivity contribution in [3.63, 3.8) is 0 Å². The van der Waals surface area contributed by atoms with Gasteiger partial charge in [0.05, 0.1) is 0 Å². The van der Waals surface area contributed by atoms with Gasteiger partial charge in [-0.25, -0.2) is 0 Å². The predicted octanol–water partition coefficient (Wildman–Crippen LogP) is 2.19. The molecule has 72 valence electrons. The molecule has 0 aromatic carbocycles. The lowest BCUT2D eigenvalue weighted by molar-refractivity contribution is -0.122. The Morgan fingerprint density at radius 2 is 1.83 bits per heavy atom. The largest absolute Gasteiger partial charge is 0.356 e. The minimum atomic E-state index is 0.167. The Morgan fingerprint density at radius 3 is 2.17 bits per heavy atom. The van der Waals surface area contributed by atoms with Crippen LogP contribution in [0.1, 0.15) is 41.0 Å². The number of nitrogens with one attached hydrogen (secondary N) is 1. The van der Waals surface area contributed by atoms with Crippen molar-refractivity contribution in [1.82, 2.24) is 5.32 Å². The number of hydrogen-bond acceptors (Lipinski definition) is 1. The van der Waals surface area contributed by atoms with Gasteiger partial charge in [0, 0.05) is 13.0 Å². The van der Waals surface area contributed by atoms with Gasteiger partial charge in [-0.1, -0.05) is 34.6 Å². The Labute approximate surface area is 75.7 Å². The third-order valence-electron chi connectivity index (χ3n) is 1.41. The van der Waals surface area contributed by atoms with Crippen LogP contribution in [0, 0.1) is 11.3 Å². The summed E-state index contributed by atoms with van der Waals surface area (Å²) in [6.45, 7) is 11.2. The first kappa shape index (κ1) is 11.5. The van der Waals surface area contributed by atoms with Gasteiger partial charge in [-0.15, -0.1) is 0 Å². The first-order chi connectivity index (χ1) is 5.31. The molecular weight excluding hydrogens is 150 g/mol. The van der Waals surface area contributed by atoms with Crippen LogP contribution in [-0.4, -0.2) is 12.5 Å². The van der Waals surface area contributed by atoms with Gasteiger partial charge in [0.2, 0.25) is 5.91 Å². The van der Waals surface area contributed by atoms with Crippen LogP contribution in [0.5, 0.6) is 0 Å². The molecule has 0 atom stereocenters. The SMILES string of the molecule is CC(C)CC(=O)NCC(C)(C)C. The molecule has 0 fully saturated rings. The van der Waals surface area contributed by atoms with E-state index in [1.165, 1.54) is 0 Å². The van der Waals surface area contributed by atoms with E-state index >= 15 is 0 Å². The summed E-state index contributed by atoms with van der Waals surface area (Å²) in [5.41, 5.74) is 0.187. The fraction of sp³-hybridized carbons (Fsp3) is 0.900. The maximum Gasteiger partial charge on any atom is 0.220 e. The molecule has 2 nitrogen and oxygen atoms in total. The molecule has 0 spiro atoms. The Kier molecular flexibility index (Phi) is 4.29. The maximum atomic E-state index is 11.2. The van der Waals surface area contributed by atoms with Crippen LogP contribution >= 0.6 is 0 Å². The summed E-state index contributed by atoms with van der Waals surface area (Å²) < 4.78 is 0. The number of amides is 1. The quantitative estimate of drug-likeness (QED) is 0.693. The zero-order valence-electron chi connectivity index (χ0n) is 8.90. The molecule has 0 aliphatic heterocycles. The highest BCUT2D eigenvalue weighted by atomic mass is 16.1. The highest BCUT2D eigenvalue weighted by Gasteiger charge is 2.12. The average molecular weight is 171 g/mol. The number of carbonyl (C=O) groups is 1. The minimum absolute atomic E-state index is 0.167. The number of hydrogen-bond donors (Lipinski definition) is 1. The van der Waals surface area contributed by atoms with Crippen LogP contribution in [0.15, 0.2) is 0 Å². The molecule has 2 heteroatoms. The monoisotopic (exact) mass is 171 g/mol. The van der Waals surface area contributed by atoms with Crippen molar-refractivity contribution >= 4 is 5.91 Å². The minimum Gasteiger partial charge on any atom is -0.356 e. The summed E-state index contributed by atoms with van der Waals surface area (Å²) in [7, 11) is 0. The van der Waals surface area contributed by atoms with Crippen LogP contribution in [0.25, 0.3) is 0 Å². The van der Waals surface area contributed by atoms with Gasteiger partial charge < -0.3 is 5.32 Å². The fourth-order valence-corrected chi connectivity index (χ4v) is 0.807. The summed E-state index contributed by atoms with van der Waals surface area (Å²) in [4.78, 5) is 11.2. The van der Waals surface area contributed by atoms with E-state index in [-0.39, 0.29) is 11.3 Å². The van der Waals surface area contributed by atoms with Gasteiger partial charge >= 0.3 is 0 Å². The first-order valence-electron chi connectivity index (χ1n) is 4.58. The lowest BCUT2D eigenvalue weighted by Crippen LogP contribution is -2.32. The Balaban J connectivity index is 3.58. The highest BCUT2D eigenvalue weighted by molar-refractivity contribution is 5.76. The normalized spacial score (nSPS) is 11.8. The van der Waals surface area contributed by atoms with Crippen molar-refractivity contribution in [3.05, 3.63) is 0 Å². The second-order valence-electron chi connectivity index (χ2n) is 4.94. The van der Waals surface area contributed by atoms with Gasteiger partial charge in [0.1, 0.15) is 0 Å². The lowest BCUT2D eigenvalue weighted by atomic mass is 9.97. The first-order valence-corrected chi connectivity index (χ1v) is 4.58. The number of rotatable bonds is 3. The zero-order valence-corrected chi connectivity index (χ0v) is 8.90. The molecule has 0 saturated heterocycles. The third-order valence-corrected chi connectivity index (χ3v) is 1.41. The molecule has 0 aliphatic rings. The molecule has 0 aliphatic carbocycles. The van der Waals surface area contributed by atoms with E-state index in [0.29, 0.717) is 12.3 Å². The van der Waals surface area contributed by atoms with Crippen molar-refractivity contribution in [2.45, 2.75) is 41.0 Å². The summed E-state index contributed by atoms with van der Waals surface area (Å²) in [5.74, 6) is 0.616. The van der Waals surface area contributed by atoms with Crippen LogP contribution in [0.4, 0.5) is 0 Å². The molecule has 0 aromatic heterocycles. The smallest absolute Gasteiger partial charge is 0.220 e. The topological polar surface area (TPSA) is 29.1 Å². The molecule has 0 bridgehead atoms. The van der Waals surface area contributed by atoms with E-state index in [4.69, 9.17) is 0 Å². The Hall–Kier alpha value is -0.530. The van der Waals surface area contributed by atoms with Crippen LogP contribution in [0.2, 0.25) is 0 Å². The molecule has 0 saturated carbocycles. The second kappa shape index (κ2) is 4.48. The van der Waals surface area contributed by atoms with E-state index in [9.17, 15) is 4.79 Å². The molecule has 0 aromatic rings. The molecule has 12 heavy (non-hydrogen) atoms. The molecule has 1 N–H and O–H groups in total. The number of carbonyl (C=O) groups excluding carboxylic acids is 1. The van der Waals surface area contributed by atoms with E-state index in [2.05, 4.69) is 39.9 Å². The van der Waals surface area contributed by atoms with Crippen molar-refractivity contribution in [2.75, 3.05) is 6.54 Å². The van der Waals surface area contributed by atoms with Crippen molar-refractivity contribution in [3.8, 4) is 0 Å². The second-order valence-corrected chi connectivity index (χ2v) is 4.94. The molecule has 0 radical (unpaired) electrons. The summed E-state index contributed by atoms with van der Waals surface area (Å²) in [5, 5.41) is 2.92. The van der Waals surface area contributed by atoms with Gasteiger partial charge in [0.15, 0.2) is 0 Å². The van der Waals surface area contributed by atoms with E-state index in [0.717, 1.165) is 6.54 Å². The molecule has 0 rings (SSSR count). The standard InChI is InChI=1S/C10H21NO/c1-8(2)6-9(12)11-7-10(3,4)5/h8H,6-7H2,1-5H3,(H,11,12). The van der Waals surface area contributed by atoms with Gasteiger partial charge in [-0.3, -0.25) is 4.79 Å². The van der Waals surface area contributed by atoms with E-state index < -0.39 is 0 Å². The Bertz CT molecular complexity index is 144. The summed E-state index contributed by atoms with van der Waals surface area (Å²) >= 11 is 0. The molecule has 0 unspecified atom stereocenters. The van der Waals surface area contributed by atoms with Crippen molar-refractivity contribution in [1.29, 1.82) is 0 Å². The lowest BCUT2D eigenvalue weighted by Gasteiger charge is -2.19. The van der Waals surface area contributed by atoms with Crippen LogP contribution < -0.4 is 5.32 Å². The maximum absolute atomic E-state index is 11.2. The highest BCUT2D eigenvalue weighted by Crippen LogP contribution is 2.10. The van der Waals surface area contributed by atoms with Crippen LogP contribution in [0.3, 0.4) is 0 Å². The zero-order chi connectivity index (χ0) is 9.78. The molecular formula is C10H21NO. The fourth-order valence-electron chi connectivity index (χ4n) is 0.807. The summed E-state index contributed by atoms with van der Waals surface area (Å²) in [6, 6.07) is 0. The van der Waals surface area contributed by atoms with E-state index in [1.54, 1.807) is 0 Å². The third kappa shape index (κ3) is 7.58. The van der Waals surface area contributed by atoms with Gasteiger partial charge in [-0.05, 0) is 11.3 Å². The average Bonchev–Trinajstić information content (AvgIpc) is 1.80. The van der Waals surface area contributed by atoms with Crippen LogP contribution in [-0.2, 0) is 4.79 Å². The van der Waals surface area contributed by atoms with E-state index in [1.807, 2.05) is 0 Å². The molecule has 0 heterocycles. The molecule has 1 amide bonds. The summed E-state index contributed by atoms with van der Waals surface area (Å²) in [6.07, 6.45) is 0.635. The Morgan fingerprint density at radius 1 is 1.33 bits per heavy atom.